The lowest BCUT2D eigenvalue weighted by Crippen LogP contribution is -2.32. The molecule has 1 aliphatic rings. The number of nitrogens with one attached hydrogen (secondary N) is 1. The summed E-state index contributed by atoms with van der Waals surface area (Å²) >= 11 is 0. The highest BCUT2D eigenvalue weighted by atomic mass is 32.2. The van der Waals surface area contributed by atoms with Crippen molar-refractivity contribution in [2.45, 2.75) is 38.0 Å². The number of furan rings is 1. The highest BCUT2D eigenvalue weighted by Gasteiger charge is 2.31. The molecule has 0 spiro atoms. The van der Waals surface area contributed by atoms with Gasteiger partial charge in [-0.3, -0.25) is 0 Å². The molecule has 0 saturated carbocycles. The van der Waals surface area contributed by atoms with Crippen molar-refractivity contribution in [3.05, 3.63) is 30.0 Å². The molecule has 6 heteroatoms. The SMILES string of the molecule is CCOc1cccc2cc([C@H](C)NC[C@H]3CCCS3(=O)=O)oc12. The highest BCUT2D eigenvalue weighted by molar-refractivity contribution is 7.92. The summed E-state index contributed by atoms with van der Waals surface area (Å²) in [4.78, 5) is 0. The molecule has 1 fully saturated rings. The topological polar surface area (TPSA) is 68.5 Å². The number of ether oxygens (including phenoxy) is 1. The Kier molecular flexibility index (Phi) is 4.64. The quantitative estimate of drug-likeness (QED) is 0.877. The minimum Gasteiger partial charge on any atom is -0.490 e. The fourth-order valence-corrected chi connectivity index (χ4v) is 4.81. The van der Waals surface area contributed by atoms with E-state index in [9.17, 15) is 8.42 Å². The molecule has 5 nitrogen and oxygen atoms in total. The summed E-state index contributed by atoms with van der Waals surface area (Å²) < 4.78 is 35.3. The monoisotopic (exact) mass is 337 g/mol. The van der Waals surface area contributed by atoms with Gasteiger partial charge in [-0.25, -0.2) is 8.42 Å². The molecular formula is C17H23NO4S. The third kappa shape index (κ3) is 3.38. The van der Waals surface area contributed by atoms with Crippen LogP contribution in [-0.4, -0.2) is 32.6 Å². The van der Waals surface area contributed by atoms with Crippen molar-refractivity contribution in [1.29, 1.82) is 0 Å². The number of sulfone groups is 1. The zero-order valence-corrected chi connectivity index (χ0v) is 14.4. The molecule has 1 aliphatic heterocycles. The second-order valence-corrected chi connectivity index (χ2v) is 8.42. The predicted octanol–water partition coefficient (Wildman–Crippen LogP) is 3.06. The second-order valence-electron chi connectivity index (χ2n) is 6.02. The number of rotatable bonds is 6. The molecule has 0 amide bonds. The van der Waals surface area contributed by atoms with Gasteiger partial charge in [-0.05, 0) is 38.8 Å². The number of fused-ring (bicyclic) bond motifs is 1. The van der Waals surface area contributed by atoms with Crippen molar-refractivity contribution in [3.63, 3.8) is 0 Å². The van der Waals surface area contributed by atoms with Crippen LogP contribution in [0.1, 0.15) is 38.5 Å². The molecular weight excluding hydrogens is 314 g/mol. The van der Waals surface area contributed by atoms with Crippen molar-refractivity contribution in [1.82, 2.24) is 5.32 Å². The predicted molar refractivity (Wildman–Crippen MR) is 90.6 cm³/mol. The van der Waals surface area contributed by atoms with Gasteiger partial charge in [0.15, 0.2) is 21.2 Å². The van der Waals surface area contributed by atoms with Crippen LogP contribution in [0.5, 0.6) is 5.75 Å². The molecule has 2 atom stereocenters. The van der Waals surface area contributed by atoms with E-state index in [1.54, 1.807) is 0 Å². The first-order valence-corrected chi connectivity index (χ1v) is 9.83. The molecule has 1 aromatic heterocycles. The number of hydrogen-bond donors (Lipinski definition) is 1. The zero-order chi connectivity index (χ0) is 16.4. The van der Waals surface area contributed by atoms with Crippen molar-refractivity contribution in [2.75, 3.05) is 18.9 Å². The third-order valence-corrected chi connectivity index (χ3v) is 6.64. The summed E-state index contributed by atoms with van der Waals surface area (Å²) in [6.45, 7) is 4.98. The lowest BCUT2D eigenvalue weighted by molar-refractivity contribution is 0.336. The first kappa shape index (κ1) is 16.3. The Hall–Kier alpha value is -1.53. The van der Waals surface area contributed by atoms with Gasteiger partial charge in [-0.1, -0.05) is 12.1 Å². The first-order valence-electron chi connectivity index (χ1n) is 8.11. The summed E-state index contributed by atoms with van der Waals surface area (Å²) in [6.07, 6.45) is 1.52. The van der Waals surface area contributed by atoms with Crippen LogP contribution in [0, 0.1) is 0 Å². The van der Waals surface area contributed by atoms with Gasteiger partial charge in [0.1, 0.15) is 5.76 Å². The third-order valence-electron chi connectivity index (χ3n) is 4.37. The summed E-state index contributed by atoms with van der Waals surface area (Å²) in [5, 5.41) is 4.02. The maximum absolute atomic E-state index is 11.9. The number of para-hydroxylation sites is 1. The van der Waals surface area contributed by atoms with E-state index < -0.39 is 9.84 Å². The van der Waals surface area contributed by atoms with E-state index in [0.29, 0.717) is 18.9 Å². The van der Waals surface area contributed by atoms with Crippen LogP contribution >= 0.6 is 0 Å². The van der Waals surface area contributed by atoms with Gasteiger partial charge in [0.25, 0.3) is 0 Å². The van der Waals surface area contributed by atoms with Crippen LogP contribution in [0.25, 0.3) is 11.0 Å². The van der Waals surface area contributed by atoms with Crippen molar-refractivity contribution < 1.29 is 17.6 Å². The molecule has 1 saturated heterocycles. The smallest absolute Gasteiger partial charge is 0.176 e. The zero-order valence-electron chi connectivity index (χ0n) is 13.5. The molecule has 0 bridgehead atoms. The van der Waals surface area contributed by atoms with E-state index in [0.717, 1.165) is 35.3 Å². The van der Waals surface area contributed by atoms with Crippen LogP contribution in [0.15, 0.2) is 28.7 Å². The molecule has 126 valence electrons. The Morgan fingerprint density at radius 2 is 2.26 bits per heavy atom. The van der Waals surface area contributed by atoms with Crippen molar-refractivity contribution in [3.8, 4) is 5.75 Å². The fourth-order valence-electron chi connectivity index (χ4n) is 3.04. The minimum absolute atomic E-state index is 0.0484. The summed E-state index contributed by atoms with van der Waals surface area (Å²) in [5.74, 6) is 1.85. The molecule has 23 heavy (non-hydrogen) atoms. The molecule has 2 aromatic rings. The van der Waals surface area contributed by atoms with Crippen molar-refractivity contribution in [2.24, 2.45) is 0 Å². The number of benzene rings is 1. The summed E-state index contributed by atoms with van der Waals surface area (Å²) in [5.41, 5.74) is 0.742. The van der Waals surface area contributed by atoms with Crippen LogP contribution < -0.4 is 10.1 Å². The first-order chi connectivity index (χ1) is 11.0. The maximum atomic E-state index is 11.9. The Bertz CT molecular complexity index is 781. The fraction of sp³-hybridized carbons (Fsp3) is 0.529. The van der Waals surface area contributed by atoms with Gasteiger partial charge >= 0.3 is 0 Å². The van der Waals surface area contributed by atoms with Gasteiger partial charge < -0.3 is 14.5 Å². The summed E-state index contributed by atoms with van der Waals surface area (Å²) in [6, 6.07) is 7.75. The Morgan fingerprint density at radius 1 is 1.43 bits per heavy atom. The van der Waals surface area contributed by atoms with E-state index in [2.05, 4.69) is 5.32 Å². The molecule has 2 heterocycles. The largest absolute Gasteiger partial charge is 0.490 e. The van der Waals surface area contributed by atoms with Crippen LogP contribution in [0.3, 0.4) is 0 Å². The van der Waals surface area contributed by atoms with E-state index in [-0.39, 0.29) is 11.3 Å². The number of hydrogen-bond acceptors (Lipinski definition) is 5. The maximum Gasteiger partial charge on any atom is 0.176 e. The minimum atomic E-state index is -2.92. The molecule has 0 unspecified atom stereocenters. The molecule has 0 aliphatic carbocycles. The Balaban J connectivity index is 1.73. The molecule has 1 aromatic carbocycles. The van der Waals surface area contributed by atoms with Gasteiger partial charge in [-0.15, -0.1) is 0 Å². The van der Waals surface area contributed by atoms with Crippen LogP contribution in [0.4, 0.5) is 0 Å². The molecule has 1 N–H and O–H groups in total. The average Bonchev–Trinajstić information content (AvgIpc) is 3.09. The highest BCUT2D eigenvalue weighted by Crippen LogP contribution is 2.31. The summed E-state index contributed by atoms with van der Waals surface area (Å²) in [7, 11) is -2.92. The average molecular weight is 337 g/mol. The Morgan fingerprint density at radius 3 is 2.96 bits per heavy atom. The van der Waals surface area contributed by atoms with Gasteiger partial charge in [0.2, 0.25) is 0 Å². The second kappa shape index (κ2) is 6.53. The normalized spacial score (nSPS) is 21.6. The van der Waals surface area contributed by atoms with Gasteiger partial charge in [0.05, 0.1) is 23.7 Å². The standard InChI is InChI=1S/C17H23NO4S/c1-3-21-15-8-4-6-13-10-16(22-17(13)15)12(2)18-11-14-7-5-9-23(14,19)20/h4,6,8,10,12,14,18H,3,5,7,9,11H2,1-2H3/t12-,14+/m0/s1. The van der Waals surface area contributed by atoms with Crippen LogP contribution in [0.2, 0.25) is 0 Å². The van der Waals surface area contributed by atoms with E-state index in [1.807, 2.05) is 38.1 Å². The van der Waals surface area contributed by atoms with E-state index in [1.165, 1.54) is 0 Å². The van der Waals surface area contributed by atoms with Crippen molar-refractivity contribution >= 4 is 20.8 Å². The van der Waals surface area contributed by atoms with E-state index >= 15 is 0 Å². The lowest BCUT2D eigenvalue weighted by Gasteiger charge is -2.15. The van der Waals surface area contributed by atoms with Crippen LogP contribution in [-0.2, 0) is 9.84 Å². The molecule has 3 rings (SSSR count). The van der Waals surface area contributed by atoms with Gasteiger partial charge in [-0.2, -0.15) is 0 Å². The van der Waals surface area contributed by atoms with E-state index in [4.69, 9.17) is 9.15 Å². The van der Waals surface area contributed by atoms with Gasteiger partial charge in [0, 0.05) is 11.9 Å². The lowest BCUT2D eigenvalue weighted by atomic mass is 10.2. The molecule has 0 radical (unpaired) electrons. The Labute approximate surface area is 136 Å².